The van der Waals surface area contributed by atoms with Gasteiger partial charge in [0.1, 0.15) is 18.3 Å². The maximum Gasteiger partial charge on any atom is 0.312 e. The maximum absolute atomic E-state index is 11.8. The number of para-hydroxylation sites is 1. The largest absolute Gasteiger partial charge is 0.488 e. The number of ether oxygens (including phenoxy) is 1. The van der Waals surface area contributed by atoms with Crippen molar-refractivity contribution in [1.82, 2.24) is 4.90 Å². The van der Waals surface area contributed by atoms with E-state index in [1.54, 1.807) is 4.90 Å². The number of hydrogen-bond acceptors (Lipinski definition) is 3. The van der Waals surface area contributed by atoms with E-state index < -0.39 is 12.4 Å². The standard InChI is InChI=1S/C17H23NO4/c1-17(2,3)13-6-4-5-7-14(13)22-12-8-9-18(11-12)15(19)10-16(20)21/h4-7,12H,8-11H2,1-3H3,(H,20,21). The van der Waals surface area contributed by atoms with Crippen LogP contribution in [0.3, 0.4) is 0 Å². The summed E-state index contributed by atoms with van der Waals surface area (Å²) in [6.45, 7) is 7.39. The number of aliphatic carboxylic acids is 1. The van der Waals surface area contributed by atoms with Crippen molar-refractivity contribution in [2.24, 2.45) is 0 Å². The molecule has 1 aromatic carbocycles. The van der Waals surface area contributed by atoms with E-state index in [0.29, 0.717) is 13.1 Å². The third kappa shape index (κ3) is 4.00. The van der Waals surface area contributed by atoms with Crippen LogP contribution in [0.4, 0.5) is 0 Å². The second kappa shape index (κ2) is 6.38. The van der Waals surface area contributed by atoms with Crippen molar-refractivity contribution < 1.29 is 19.4 Å². The summed E-state index contributed by atoms with van der Waals surface area (Å²) in [6, 6.07) is 7.93. The first-order chi connectivity index (χ1) is 10.3. The number of hydrogen-bond donors (Lipinski definition) is 1. The van der Waals surface area contributed by atoms with Crippen molar-refractivity contribution >= 4 is 11.9 Å². The van der Waals surface area contributed by atoms with Gasteiger partial charge < -0.3 is 14.7 Å². The van der Waals surface area contributed by atoms with Crippen molar-refractivity contribution in [2.45, 2.75) is 45.1 Å². The molecule has 1 aromatic rings. The fourth-order valence-corrected chi connectivity index (χ4v) is 2.66. The summed E-state index contributed by atoms with van der Waals surface area (Å²) >= 11 is 0. The molecule has 1 heterocycles. The summed E-state index contributed by atoms with van der Waals surface area (Å²) in [5.41, 5.74) is 1.11. The van der Waals surface area contributed by atoms with E-state index in [0.717, 1.165) is 17.7 Å². The summed E-state index contributed by atoms with van der Waals surface area (Å²) in [5, 5.41) is 8.69. The van der Waals surface area contributed by atoms with Crippen LogP contribution in [0.25, 0.3) is 0 Å². The van der Waals surface area contributed by atoms with Gasteiger partial charge in [-0.15, -0.1) is 0 Å². The van der Waals surface area contributed by atoms with E-state index in [1.165, 1.54) is 0 Å². The molecule has 0 aromatic heterocycles. The molecule has 1 fully saturated rings. The molecule has 0 bridgehead atoms. The van der Waals surface area contributed by atoms with Gasteiger partial charge in [-0.3, -0.25) is 9.59 Å². The van der Waals surface area contributed by atoms with Crippen LogP contribution in [0.5, 0.6) is 5.75 Å². The number of nitrogens with zero attached hydrogens (tertiary/aromatic N) is 1. The zero-order chi connectivity index (χ0) is 16.3. The summed E-state index contributed by atoms with van der Waals surface area (Å²) in [5.74, 6) is -0.595. The fourth-order valence-electron chi connectivity index (χ4n) is 2.66. The third-order valence-electron chi connectivity index (χ3n) is 3.79. The highest BCUT2D eigenvalue weighted by molar-refractivity contribution is 5.93. The second-order valence-corrected chi connectivity index (χ2v) is 6.68. The molecule has 1 aliphatic heterocycles. The number of carbonyl (C=O) groups excluding carboxylic acids is 1. The van der Waals surface area contributed by atoms with Gasteiger partial charge >= 0.3 is 5.97 Å². The fraction of sp³-hybridized carbons (Fsp3) is 0.529. The molecule has 1 atom stereocenters. The average Bonchev–Trinajstić information content (AvgIpc) is 2.86. The monoisotopic (exact) mass is 305 g/mol. The summed E-state index contributed by atoms with van der Waals surface area (Å²) in [6.07, 6.45) is 0.191. The van der Waals surface area contributed by atoms with Gasteiger partial charge in [0.25, 0.3) is 0 Å². The summed E-state index contributed by atoms with van der Waals surface area (Å²) < 4.78 is 6.08. The number of carboxylic acid groups (broad SMARTS) is 1. The molecule has 0 radical (unpaired) electrons. The highest BCUT2D eigenvalue weighted by Gasteiger charge is 2.29. The molecule has 2 rings (SSSR count). The Morgan fingerprint density at radius 1 is 1.32 bits per heavy atom. The Hall–Kier alpha value is -2.04. The normalized spacial score (nSPS) is 18.3. The first-order valence-electron chi connectivity index (χ1n) is 7.53. The summed E-state index contributed by atoms with van der Waals surface area (Å²) in [4.78, 5) is 24.0. The third-order valence-corrected chi connectivity index (χ3v) is 3.79. The minimum atomic E-state index is -1.09. The Balaban J connectivity index is 2.02. The van der Waals surface area contributed by atoms with E-state index in [4.69, 9.17) is 9.84 Å². The van der Waals surface area contributed by atoms with Crippen LogP contribution in [0.15, 0.2) is 24.3 Å². The first kappa shape index (κ1) is 16.3. The molecule has 22 heavy (non-hydrogen) atoms. The lowest BCUT2D eigenvalue weighted by atomic mass is 9.86. The molecule has 1 saturated heterocycles. The number of benzene rings is 1. The van der Waals surface area contributed by atoms with Gasteiger partial charge in [-0.25, -0.2) is 0 Å². The Labute approximate surface area is 130 Å². The molecular formula is C17H23NO4. The molecule has 5 nitrogen and oxygen atoms in total. The lowest BCUT2D eigenvalue weighted by Gasteiger charge is -2.24. The minimum absolute atomic E-state index is 0.0198. The predicted octanol–water partition coefficient (Wildman–Crippen LogP) is 2.44. The Morgan fingerprint density at radius 3 is 2.64 bits per heavy atom. The zero-order valence-electron chi connectivity index (χ0n) is 13.3. The van der Waals surface area contributed by atoms with Crippen molar-refractivity contribution in [3.63, 3.8) is 0 Å². The number of carboxylic acids is 1. The van der Waals surface area contributed by atoms with Crippen LogP contribution in [0.1, 0.15) is 39.2 Å². The highest BCUT2D eigenvalue weighted by atomic mass is 16.5. The molecule has 0 spiro atoms. The van der Waals surface area contributed by atoms with Gasteiger partial charge in [0.05, 0.1) is 6.54 Å². The average molecular weight is 305 g/mol. The number of rotatable bonds is 4. The van der Waals surface area contributed by atoms with Crippen LogP contribution in [0.2, 0.25) is 0 Å². The van der Waals surface area contributed by atoms with E-state index in [2.05, 4.69) is 26.8 Å². The van der Waals surface area contributed by atoms with Crippen LogP contribution >= 0.6 is 0 Å². The topological polar surface area (TPSA) is 66.8 Å². The predicted molar refractivity (Wildman–Crippen MR) is 83.0 cm³/mol. The van der Waals surface area contributed by atoms with Crippen LogP contribution in [-0.2, 0) is 15.0 Å². The van der Waals surface area contributed by atoms with Crippen molar-refractivity contribution in [3.05, 3.63) is 29.8 Å². The van der Waals surface area contributed by atoms with Crippen LogP contribution in [-0.4, -0.2) is 41.1 Å². The van der Waals surface area contributed by atoms with Crippen molar-refractivity contribution in [3.8, 4) is 5.75 Å². The van der Waals surface area contributed by atoms with Gasteiger partial charge in [0, 0.05) is 13.0 Å². The molecule has 5 heteroatoms. The smallest absolute Gasteiger partial charge is 0.312 e. The molecular weight excluding hydrogens is 282 g/mol. The maximum atomic E-state index is 11.8. The molecule has 0 saturated carbocycles. The van der Waals surface area contributed by atoms with Crippen LogP contribution < -0.4 is 4.74 Å². The van der Waals surface area contributed by atoms with E-state index >= 15 is 0 Å². The Morgan fingerprint density at radius 2 is 2.00 bits per heavy atom. The highest BCUT2D eigenvalue weighted by Crippen LogP contribution is 2.32. The van der Waals surface area contributed by atoms with E-state index in [-0.39, 0.29) is 17.4 Å². The van der Waals surface area contributed by atoms with Gasteiger partial charge in [-0.2, -0.15) is 0 Å². The number of carbonyl (C=O) groups is 2. The minimum Gasteiger partial charge on any atom is -0.488 e. The number of amides is 1. The van der Waals surface area contributed by atoms with Crippen molar-refractivity contribution in [1.29, 1.82) is 0 Å². The van der Waals surface area contributed by atoms with Gasteiger partial charge in [0.15, 0.2) is 0 Å². The van der Waals surface area contributed by atoms with E-state index in [9.17, 15) is 9.59 Å². The molecule has 1 N–H and O–H groups in total. The van der Waals surface area contributed by atoms with Gasteiger partial charge in [-0.1, -0.05) is 39.0 Å². The molecule has 0 aliphatic carbocycles. The lowest BCUT2D eigenvalue weighted by Crippen LogP contribution is -2.32. The van der Waals surface area contributed by atoms with Gasteiger partial charge in [-0.05, 0) is 17.0 Å². The zero-order valence-corrected chi connectivity index (χ0v) is 13.3. The molecule has 1 aliphatic rings. The second-order valence-electron chi connectivity index (χ2n) is 6.68. The lowest BCUT2D eigenvalue weighted by molar-refractivity contribution is -0.143. The van der Waals surface area contributed by atoms with Crippen LogP contribution in [0, 0.1) is 0 Å². The number of likely N-dealkylation sites (tertiary alicyclic amines) is 1. The van der Waals surface area contributed by atoms with Gasteiger partial charge in [0.2, 0.25) is 5.91 Å². The Bertz CT molecular complexity index is 562. The molecule has 1 unspecified atom stereocenters. The summed E-state index contributed by atoms with van der Waals surface area (Å²) in [7, 11) is 0. The van der Waals surface area contributed by atoms with E-state index in [1.807, 2.05) is 18.2 Å². The quantitative estimate of drug-likeness (QED) is 0.868. The Kier molecular flexibility index (Phi) is 4.74. The van der Waals surface area contributed by atoms with Crippen molar-refractivity contribution in [2.75, 3.05) is 13.1 Å². The molecule has 120 valence electrons. The SMILES string of the molecule is CC(C)(C)c1ccccc1OC1CCN(C(=O)CC(=O)O)C1. The first-order valence-corrected chi connectivity index (χ1v) is 7.53. The molecule has 1 amide bonds.